The minimum atomic E-state index is -0.329. The van der Waals surface area contributed by atoms with Crippen LogP contribution >= 0.6 is 0 Å². The van der Waals surface area contributed by atoms with Gasteiger partial charge in [-0.1, -0.05) is 6.42 Å². The van der Waals surface area contributed by atoms with E-state index in [9.17, 15) is 4.79 Å². The zero-order valence-corrected chi connectivity index (χ0v) is 9.40. The molecular formula is C12H16N2O2. The van der Waals surface area contributed by atoms with E-state index in [0.717, 1.165) is 18.5 Å². The number of nitrogens with zero attached hydrogens (tertiary/aromatic N) is 1. The van der Waals surface area contributed by atoms with E-state index in [-0.39, 0.29) is 5.97 Å². The van der Waals surface area contributed by atoms with Crippen LogP contribution in [0.2, 0.25) is 0 Å². The first-order valence-electron chi connectivity index (χ1n) is 5.58. The Labute approximate surface area is 95.0 Å². The molecule has 0 radical (unpaired) electrons. The molecule has 1 aromatic heterocycles. The summed E-state index contributed by atoms with van der Waals surface area (Å²) in [6.07, 6.45) is 6.90. The summed E-state index contributed by atoms with van der Waals surface area (Å²) >= 11 is 0. The largest absolute Gasteiger partial charge is 0.465 e. The second kappa shape index (κ2) is 5.07. The molecule has 16 heavy (non-hydrogen) atoms. The van der Waals surface area contributed by atoms with Gasteiger partial charge < -0.3 is 10.1 Å². The first-order chi connectivity index (χ1) is 7.81. The zero-order valence-electron chi connectivity index (χ0n) is 9.40. The van der Waals surface area contributed by atoms with E-state index in [2.05, 4.69) is 15.0 Å². The average Bonchev–Trinajstić information content (AvgIpc) is 2.39. The molecule has 0 bridgehead atoms. The standard InChI is InChI=1S/C12H16N2O2/c1-16-12(15)10-6-9(7-13-8-10)11-4-2-3-5-14-11/h6-8,11,14H,2-5H2,1H3. The molecule has 1 aliphatic heterocycles. The normalized spacial score (nSPS) is 20.4. The van der Waals surface area contributed by atoms with Crippen LogP contribution in [0.15, 0.2) is 18.5 Å². The maximum atomic E-state index is 11.4. The van der Waals surface area contributed by atoms with Crippen molar-refractivity contribution in [2.24, 2.45) is 0 Å². The van der Waals surface area contributed by atoms with Crippen LogP contribution in [0.1, 0.15) is 41.2 Å². The monoisotopic (exact) mass is 220 g/mol. The maximum absolute atomic E-state index is 11.4. The topological polar surface area (TPSA) is 51.2 Å². The van der Waals surface area contributed by atoms with Crippen molar-refractivity contribution < 1.29 is 9.53 Å². The molecule has 1 aliphatic rings. The summed E-state index contributed by atoms with van der Waals surface area (Å²) < 4.78 is 4.68. The average molecular weight is 220 g/mol. The maximum Gasteiger partial charge on any atom is 0.339 e. The second-order valence-corrected chi connectivity index (χ2v) is 4.00. The molecule has 0 aromatic carbocycles. The molecule has 1 unspecified atom stereocenters. The number of nitrogens with one attached hydrogen (secondary N) is 1. The molecule has 1 aromatic rings. The van der Waals surface area contributed by atoms with Crippen molar-refractivity contribution in [3.63, 3.8) is 0 Å². The molecule has 4 nitrogen and oxygen atoms in total. The molecule has 1 fully saturated rings. The summed E-state index contributed by atoms with van der Waals surface area (Å²) in [5, 5.41) is 3.43. The molecule has 0 amide bonds. The van der Waals surface area contributed by atoms with Gasteiger partial charge in [0, 0.05) is 18.4 Å². The van der Waals surface area contributed by atoms with Crippen LogP contribution in [0.3, 0.4) is 0 Å². The summed E-state index contributed by atoms with van der Waals surface area (Å²) in [5.41, 5.74) is 1.59. The lowest BCUT2D eigenvalue weighted by atomic mass is 9.98. The highest BCUT2D eigenvalue weighted by Crippen LogP contribution is 2.22. The lowest BCUT2D eigenvalue weighted by molar-refractivity contribution is 0.0600. The van der Waals surface area contributed by atoms with Crippen LogP contribution in [-0.4, -0.2) is 24.6 Å². The summed E-state index contributed by atoms with van der Waals surface area (Å²) in [4.78, 5) is 15.5. The summed E-state index contributed by atoms with van der Waals surface area (Å²) in [6.45, 7) is 1.03. The number of methoxy groups -OCH3 is 1. The Morgan fingerprint density at radius 3 is 3.06 bits per heavy atom. The van der Waals surface area contributed by atoms with Crippen LogP contribution in [0.5, 0.6) is 0 Å². The number of piperidine rings is 1. The summed E-state index contributed by atoms with van der Waals surface area (Å²) in [7, 11) is 1.38. The zero-order chi connectivity index (χ0) is 11.4. The Bertz CT molecular complexity index is 373. The predicted octanol–water partition coefficient (Wildman–Crippen LogP) is 1.68. The highest BCUT2D eigenvalue weighted by Gasteiger charge is 2.16. The van der Waals surface area contributed by atoms with Gasteiger partial charge in [0.25, 0.3) is 0 Å². The van der Waals surface area contributed by atoms with E-state index in [1.807, 2.05) is 12.3 Å². The SMILES string of the molecule is COC(=O)c1cncc(C2CCCCN2)c1. The second-order valence-electron chi connectivity index (χ2n) is 4.00. The van der Waals surface area contributed by atoms with Gasteiger partial charge in [0.1, 0.15) is 0 Å². The fourth-order valence-corrected chi connectivity index (χ4v) is 2.01. The molecule has 1 atom stereocenters. The van der Waals surface area contributed by atoms with E-state index < -0.39 is 0 Å². The van der Waals surface area contributed by atoms with Gasteiger partial charge in [-0.15, -0.1) is 0 Å². The van der Waals surface area contributed by atoms with E-state index >= 15 is 0 Å². The van der Waals surface area contributed by atoms with Gasteiger partial charge in [-0.2, -0.15) is 0 Å². The van der Waals surface area contributed by atoms with E-state index in [1.165, 1.54) is 26.1 Å². The number of hydrogen-bond acceptors (Lipinski definition) is 4. The quantitative estimate of drug-likeness (QED) is 0.770. The predicted molar refractivity (Wildman–Crippen MR) is 60.2 cm³/mol. The number of hydrogen-bond donors (Lipinski definition) is 1. The third kappa shape index (κ3) is 2.39. The molecule has 0 spiro atoms. The van der Waals surface area contributed by atoms with Crippen molar-refractivity contribution in [3.05, 3.63) is 29.6 Å². The highest BCUT2D eigenvalue weighted by molar-refractivity contribution is 5.89. The third-order valence-electron chi connectivity index (χ3n) is 2.89. The number of ether oxygens (including phenoxy) is 1. The molecule has 1 N–H and O–H groups in total. The Kier molecular flexibility index (Phi) is 3.51. The van der Waals surface area contributed by atoms with Gasteiger partial charge in [0.2, 0.25) is 0 Å². The molecule has 2 rings (SSSR count). The number of carbonyl (C=O) groups is 1. The van der Waals surface area contributed by atoms with Crippen molar-refractivity contribution in [1.82, 2.24) is 10.3 Å². The first kappa shape index (κ1) is 11.1. The number of esters is 1. The van der Waals surface area contributed by atoms with Crippen molar-refractivity contribution in [2.45, 2.75) is 25.3 Å². The molecular weight excluding hydrogens is 204 g/mol. The van der Waals surface area contributed by atoms with Crippen molar-refractivity contribution in [1.29, 1.82) is 0 Å². The summed E-state index contributed by atoms with van der Waals surface area (Å²) in [6, 6.07) is 2.19. The van der Waals surface area contributed by atoms with Gasteiger partial charge >= 0.3 is 5.97 Å². The minimum absolute atomic E-state index is 0.325. The minimum Gasteiger partial charge on any atom is -0.465 e. The molecule has 0 saturated carbocycles. The van der Waals surface area contributed by atoms with Crippen LogP contribution in [0, 0.1) is 0 Å². The van der Waals surface area contributed by atoms with Crippen molar-refractivity contribution in [3.8, 4) is 0 Å². The van der Waals surface area contributed by atoms with Crippen molar-refractivity contribution in [2.75, 3.05) is 13.7 Å². The Balaban J connectivity index is 2.17. The van der Waals surface area contributed by atoms with Crippen LogP contribution in [0.4, 0.5) is 0 Å². The fourth-order valence-electron chi connectivity index (χ4n) is 2.01. The van der Waals surface area contributed by atoms with Crippen LogP contribution in [0.25, 0.3) is 0 Å². The summed E-state index contributed by atoms with van der Waals surface area (Å²) in [5.74, 6) is -0.329. The van der Waals surface area contributed by atoms with Crippen LogP contribution < -0.4 is 5.32 Å². The molecule has 4 heteroatoms. The van der Waals surface area contributed by atoms with Gasteiger partial charge in [-0.05, 0) is 31.0 Å². The molecule has 2 heterocycles. The lowest BCUT2D eigenvalue weighted by Crippen LogP contribution is -2.27. The first-order valence-corrected chi connectivity index (χ1v) is 5.58. The lowest BCUT2D eigenvalue weighted by Gasteiger charge is -2.23. The number of carbonyl (C=O) groups excluding carboxylic acids is 1. The Morgan fingerprint density at radius 1 is 1.50 bits per heavy atom. The Hall–Kier alpha value is -1.42. The van der Waals surface area contributed by atoms with E-state index in [0.29, 0.717) is 11.6 Å². The van der Waals surface area contributed by atoms with Gasteiger partial charge in [0.15, 0.2) is 0 Å². The van der Waals surface area contributed by atoms with E-state index in [1.54, 1.807) is 0 Å². The van der Waals surface area contributed by atoms with Crippen LogP contribution in [-0.2, 0) is 4.74 Å². The molecule has 0 aliphatic carbocycles. The highest BCUT2D eigenvalue weighted by atomic mass is 16.5. The number of rotatable bonds is 2. The Morgan fingerprint density at radius 2 is 2.38 bits per heavy atom. The van der Waals surface area contributed by atoms with Crippen molar-refractivity contribution >= 4 is 5.97 Å². The number of pyridine rings is 1. The van der Waals surface area contributed by atoms with Gasteiger partial charge in [-0.25, -0.2) is 4.79 Å². The van der Waals surface area contributed by atoms with E-state index in [4.69, 9.17) is 0 Å². The number of aromatic nitrogens is 1. The molecule has 86 valence electrons. The third-order valence-corrected chi connectivity index (χ3v) is 2.89. The van der Waals surface area contributed by atoms with Gasteiger partial charge in [-0.3, -0.25) is 4.98 Å². The smallest absolute Gasteiger partial charge is 0.339 e. The fraction of sp³-hybridized carbons (Fsp3) is 0.500. The molecule has 1 saturated heterocycles. The van der Waals surface area contributed by atoms with Gasteiger partial charge in [0.05, 0.1) is 12.7 Å².